The summed E-state index contributed by atoms with van der Waals surface area (Å²) in [5.74, 6) is 2.05. The Balaban J connectivity index is 1.86. The van der Waals surface area contributed by atoms with E-state index in [4.69, 9.17) is 18.9 Å². The lowest BCUT2D eigenvalue weighted by atomic mass is 10.1. The zero-order chi connectivity index (χ0) is 25.4. The minimum absolute atomic E-state index is 0.0762. The van der Waals surface area contributed by atoms with Gasteiger partial charge in [-0.05, 0) is 54.8 Å². The third-order valence-electron chi connectivity index (χ3n) is 5.54. The summed E-state index contributed by atoms with van der Waals surface area (Å²) in [6.07, 6.45) is 1.35. The van der Waals surface area contributed by atoms with Crippen molar-refractivity contribution in [2.45, 2.75) is 12.8 Å². The number of hydrogen-bond donors (Lipinski definition) is 0. The molecule has 9 heteroatoms. The maximum atomic E-state index is 13.5. The van der Waals surface area contributed by atoms with Crippen molar-refractivity contribution >= 4 is 17.3 Å². The summed E-state index contributed by atoms with van der Waals surface area (Å²) >= 11 is 0. The molecular weight excluding hydrogens is 452 g/mol. The van der Waals surface area contributed by atoms with Crippen LogP contribution in [0, 0.1) is 10.1 Å². The Morgan fingerprint density at radius 2 is 1.37 bits per heavy atom. The van der Waals surface area contributed by atoms with E-state index in [1.165, 1.54) is 31.4 Å². The standard InChI is InChI=1S/C26H28N2O7/c1-32-22-13-7-18(16-24(22)34-3)6-5-15-27(21-12-14-23(33-2)25(17-21)35-4)26(29)19-8-10-20(11-9-19)28(30)31/h7-14,16-17H,5-6,15H2,1-4H3. The van der Waals surface area contributed by atoms with Gasteiger partial charge in [0.25, 0.3) is 11.6 Å². The number of nitrogens with zero attached hydrogens (tertiary/aromatic N) is 2. The number of ether oxygens (including phenoxy) is 4. The Morgan fingerprint density at radius 3 is 1.94 bits per heavy atom. The number of amides is 1. The second-order valence-electron chi connectivity index (χ2n) is 7.59. The monoisotopic (exact) mass is 480 g/mol. The number of hydrogen-bond acceptors (Lipinski definition) is 7. The van der Waals surface area contributed by atoms with E-state index in [1.807, 2.05) is 18.2 Å². The first-order valence-corrected chi connectivity index (χ1v) is 10.9. The molecule has 0 N–H and O–H groups in total. The van der Waals surface area contributed by atoms with Crippen LogP contribution in [0.2, 0.25) is 0 Å². The summed E-state index contributed by atoms with van der Waals surface area (Å²) in [6, 6.07) is 16.5. The highest BCUT2D eigenvalue weighted by atomic mass is 16.6. The minimum atomic E-state index is -0.497. The molecule has 3 aromatic carbocycles. The summed E-state index contributed by atoms with van der Waals surface area (Å²) in [6.45, 7) is 0.402. The molecule has 3 aromatic rings. The molecule has 35 heavy (non-hydrogen) atoms. The number of methoxy groups -OCH3 is 4. The molecule has 0 radical (unpaired) electrons. The summed E-state index contributed by atoms with van der Waals surface area (Å²) in [5.41, 5.74) is 1.93. The normalized spacial score (nSPS) is 10.4. The minimum Gasteiger partial charge on any atom is -0.493 e. The lowest BCUT2D eigenvalue weighted by Gasteiger charge is -2.24. The molecule has 0 aliphatic carbocycles. The second-order valence-corrected chi connectivity index (χ2v) is 7.59. The van der Waals surface area contributed by atoms with E-state index in [2.05, 4.69) is 0 Å². The molecule has 0 atom stereocenters. The molecule has 0 spiro atoms. The van der Waals surface area contributed by atoms with Gasteiger partial charge in [0, 0.05) is 36.0 Å². The van der Waals surface area contributed by atoms with Crippen molar-refractivity contribution in [1.82, 2.24) is 0 Å². The third kappa shape index (κ3) is 6.00. The highest BCUT2D eigenvalue weighted by Crippen LogP contribution is 2.33. The van der Waals surface area contributed by atoms with Crippen molar-refractivity contribution < 1.29 is 28.7 Å². The second kappa shape index (κ2) is 11.7. The van der Waals surface area contributed by atoms with Crippen LogP contribution in [0.4, 0.5) is 11.4 Å². The smallest absolute Gasteiger partial charge is 0.269 e. The summed E-state index contributed by atoms with van der Waals surface area (Å²) in [5, 5.41) is 11.0. The Bertz CT molecular complexity index is 1180. The van der Waals surface area contributed by atoms with Crippen LogP contribution in [0.15, 0.2) is 60.7 Å². The number of benzene rings is 3. The maximum Gasteiger partial charge on any atom is 0.269 e. The van der Waals surface area contributed by atoms with E-state index in [0.717, 1.165) is 5.56 Å². The zero-order valence-electron chi connectivity index (χ0n) is 20.1. The molecule has 184 valence electrons. The van der Waals surface area contributed by atoms with Gasteiger partial charge in [-0.1, -0.05) is 6.07 Å². The molecule has 9 nitrogen and oxygen atoms in total. The number of carbonyl (C=O) groups excluding carboxylic acids is 1. The first-order chi connectivity index (χ1) is 16.9. The molecule has 0 bridgehead atoms. The highest BCUT2D eigenvalue weighted by molar-refractivity contribution is 6.06. The van der Waals surface area contributed by atoms with Crippen LogP contribution in [0.25, 0.3) is 0 Å². The first kappa shape index (κ1) is 25.4. The lowest BCUT2D eigenvalue weighted by Crippen LogP contribution is -2.32. The SMILES string of the molecule is COc1ccc(CCCN(C(=O)c2ccc([N+](=O)[O-])cc2)c2ccc(OC)c(OC)c2)cc1OC. The van der Waals surface area contributed by atoms with Gasteiger partial charge in [0.05, 0.1) is 33.4 Å². The number of aryl methyl sites for hydroxylation is 1. The van der Waals surface area contributed by atoms with Gasteiger partial charge in [-0.3, -0.25) is 14.9 Å². The Kier molecular flexibility index (Phi) is 8.50. The van der Waals surface area contributed by atoms with Crippen LogP contribution < -0.4 is 23.8 Å². The van der Waals surface area contributed by atoms with Crippen molar-refractivity contribution in [3.05, 3.63) is 81.9 Å². The number of non-ortho nitro benzene ring substituents is 1. The zero-order valence-corrected chi connectivity index (χ0v) is 20.1. The topological polar surface area (TPSA) is 100 Å². The van der Waals surface area contributed by atoms with E-state index < -0.39 is 4.92 Å². The summed E-state index contributed by atoms with van der Waals surface area (Å²) in [4.78, 5) is 25.6. The average Bonchev–Trinajstić information content (AvgIpc) is 2.90. The molecule has 0 saturated carbocycles. The number of rotatable bonds is 11. The van der Waals surface area contributed by atoms with Gasteiger partial charge < -0.3 is 23.8 Å². The summed E-state index contributed by atoms with van der Waals surface area (Å²) < 4.78 is 21.4. The predicted octanol–water partition coefficient (Wildman–Crippen LogP) is 4.91. The fourth-order valence-electron chi connectivity index (χ4n) is 3.70. The van der Waals surface area contributed by atoms with Gasteiger partial charge in [0.1, 0.15) is 0 Å². The van der Waals surface area contributed by atoms with Gasteiger partial charge in [0.2, 0.25) is 0 Å². The highest BCUT2D eigenvalue weighted by Gasteiger charge is 2.20. The van der Waals surface area contributed by atoms with Gasteiger partial charge in [-0.15, -0.1) is 0 Å². The van der Waals surface area contributed by atoms with E-state index >= 15 is 0 Å². The fourth-order valence-corrected chi connectivity index (χ4v) is 3.70. The number of anilines is 1. The van der Waals surface area contributed by atoms with Gasteiger partial charge in [-0.25, -0.2) is 0 Å². The summed E-state index contributed by atoms with van der Waals surface area (Å²) in [7, 11) is 6.24. The van der Waals surface area contributed by atoms with Crippen molar-refractivity contribution in [2.75, 3.05) is 39.9 Å². The molecule has 0 unspecified atom stereocenters. The van der Waals surface area contributed by atoms with Crippen LogP contribution >= 0.6 is 0 Å². The van der Waals surface area contributed by atoms with Gasteiger partial charge in [0.15, 0.2) is 23.0 Å². The van der Waals surface area contributed by atoms with Crippen molar-refractivity contribution in [2.24, 2.45) is 0 Å². The van der Waals surface area contributed by atoms with E-state index in [9.17, 15) is 14.9 Å². The Labute approximate surface area is 203 Å². The van der Waals surface area contributed by atoms with Crippen molar-refractivity contribution in [3.63, 3.8) is 0 Å². The molecular formula is C26H28N2O7. The van der Waals surface area contributed by atoms with Crippen LogP contribution in [0.1, 0.15) is 22.3 Å². The molecule has 0 fully saturated rings. The first-order valence-electron chi connectivity index (χ1n) is 10.9. The number of carbonyl (C=O) groups is 1. The van der Waals surface area contributed by atoms with Crippen LogP contribution in [0.3, 0.4) is 0 Å². The molecule has 0 saturated heterocycles. The number of nitro groups is 1. The van der Waals surface area contributed by atoms with Gasteiger partial charge in [-0.2, -0.15) is 0 Å². The fraction of sp³-hybridized carbons (Fsp3) is 0.269. The van der Waals surface area contributed by atoms with E-state index in [-0.39, 0.29) is 11.6 Å². The maximum absolute atomic E-state index is 13.5. The molecule has 0 aliphatic heterocycles. The van der Waals surface area contributed by atoms with Crippen molar-refractivity contribution in [1.29, 1.82) is 0 Å². The van der Waals surface area contributed by atoms with E-state index in [0.29, 0.717) is 53.6 Å². The third-order valence-corrected chi connectivity index (χ3v) is 5.54. The quantitative estimate of drug-likeness (QED) is 0.284. The van der Waals surface area contributed by atoms with Crippen LogP contribution in [-0.4, -0.2) is 45.8 Å². The molecule has 0 aromatic heterocycles. The van der Waals surface area contributed by atoms with Crippen molar-refractivity contribution in [3.8, 4) is 23.0 Å². The molecule has 3 rings (SSSR count). The van der Waals surface area contributed by atoms with Gasteiger partial charge >= 0.3 is 0 Å². The van der Waals surface area contributed by atoms with Crippen LogP contribution in [0.5, 0.6) is 23.0 Å². The average molecular weight is 481 g/mol. The Morgan fingerprint density at radius 1 is 0.800 bits per heavy atom. The Hall–Kier alpha value is -4.27. The lowest BCUT2D eigenvalue weighted by molar-refractivity contribution is -0.384. The molecule has 0 aliphatic rings. The molecule has 0 heterocycles. The van der Waals surface area contributed by atoms with Crippen LogP contribution in [-0.2, 0) is 6.42 Å². The molecule has 1 amide bonds. The largest absolute Gasteiger partial charge is 0.493 e. The van der Waals surface area contributed by atoms with E-state index in [1.54, 1.807) is 44.4 Å². The number of nitro benzene ring substituents is 1. The predicted molar refractivity (Wildman–Crippen MR) is 132 cm³/mol.